The van der Waals surface area contributed by atoms with E-state index >= 15 is 0 Å². The lowest BCUT2D eigenvalue weighted by atomic mass is 9.92. The van der Waals surface area contributed by atoms with Crippen molar-refractivity contribution in [3.05, 3.63) is 35.4 Å². The molecule has 1 fully saturated rings. The second-order valence-corrected chi connectivity index (χ2v) is 5.72. The largest absolute Gasteiger partial charge is 0.480 e. The van der Waals surface area contributed by atoms with E-state index in [4.69, 9.17) is 0 Å². The summed E-state index contributed by atoms with van der Waals surface area (Å²) in [7, 11) is 0. The fourth-order valence-corrected chi connectivity index (χ4v) is 3.34. The highest BCUT2D eigenvalue weighted by atomic mass is 16.4. The lowest BCUT2D eigenvalue weighted by molar-refractivity contribution is -0.153. The van der Waals surface area contributed by atoms with Gasteiger partial charge in [0.2, 0.25) is 5.91 Å². The summed E-state index contributed by atoms with van der Waals surface area (Å²) in [6.45, 7) is 1.29. The van der Waals surface area contributed by atoms with Crippen molar-refractivity contribution < 1.29 is 14.7 Å². The fourth-order valence-electron chi connectivity index (χ4n) is 3.34. The number of benzene rings is 1. The molecule has 5 heteroatoms. The van der Waals surface area contributed by atoms with Gasteiger partial charge in [0.05, 0.1) is 0 Å². The van der Waals surface area contributed by atoms with E-state index in [9.17, 15) is 14.7 Å². The fraction of sp³-hybridized carbons (Fsp3) is 0.500. The first-order valence-electron chi connectivity index (χ1n) is 7.53. The summed E-state index contributed by atoms with van der Waals surface area (Å²) in [6, 6.07) is 6.83. The third-order valence-corrected chi connectivity index (χ3v) is 4.43. The van der Waals surface area contributed by atoms with E-state index in [1.165, 1.54) is 5.56 Å². The van der Waals surface area contributed by atoms with Gasteiger partial charge in [0.25, 0.3) is 0 Å². The summed E-state index contributed by atoms with van der Waals surface area (Å²) >= 11 is 0. The second-order valence-electron chi connectivity index (χ2n) is 5.72. The third kappa shape index (κ3) is 2.65. The summed E-state index contributed by atoms with van der Waals surface area (Å²) in [5.74, 6) is -0.999. The van der Waals surface area contributed by atoms with Crippen LogP contribution in [0.3, 0.4) is 0 Å². The maximum Gasteiger partial charge on any atom is 0.326 e. The number of likely N-dealkylation sites (tertiary alicyclic amines) is 1. The molecule has 0 aliphatic carbocycles. The van der Waals surface area contributed by atoms with Crippen molar-refractivity contribution in [2.24, 2.45) is 0 Å². The molecule has 2 aliphatic heterocycles. The zero-order valence-electron chi connectivity index (χ0n) is 11.9. The Morgan fingerprint density at radius 3 is 2.86 bits per heavy atom. The molecule has 1 saturated heterocycles. The Morgan fingerprint density at radius 2 is 2.05 bits per heavy atom. The van der Waals surface area contributed by atoms with Gasteiger partial charge in [0.1, 0.15) is 12.1 Å². The van der Waals surface area contributed by atoms with Crippen LogP contribution in [0, 0.1) is 0 Å². The van der Waals surface area contributed by atoms with Crippen LogP contribution < -0.4 is 5.32 Å². The van der Waals surface area contributed by atoms with Crippen LogP contribution >= 0.6 is 0 Å². The molecule has 1 aromatic carbocycles. The molecule has 3 rings (SSSR count). The molecular formula is C16H20N2O3. The van der Waals surface area contributed by atoms with Crippen LogP contribution in [0.5, 0.6) is 0 Å². The van der Waals surface area contributed by atoms with Crippen LogP contribution in [0.1, 0.15) is 36.4 Å². The summed E-state index contributed by atoms with van der Waals surface area (Å²) in [5.41, 5.74) is 2.17. The Labute approximate surface area is 123 Å². The quantitative estimate of drug-likeness (QED) is 0.861. The van der Waals surface area contributed by atoms with E-state index in [2.05, 4.69) is 5.32 Å². The van der Waals surface area contributed by atoms with Crippen LogP contribution in [-0.2, 0) is 16.0 Å². The van der Waals surface area contributed by atoms with Crippen LogP contribution in [0.15, 0.2) is 24.3 Å². The molecule has 0 radical (unpaired) electrons. The lowest BCUT2D eigenvalue weighted by Gasteiger charge is -2.37. The Hall–Kier alpha value is -1.88. The molecule has 1 aromatic rings. The molecule has 0 spiro atoms. The third-order valence-electron chi connectivity index (χ3n) is 4.43. The Kier molecular flexibility index (Phi) is 3.92. The predicted octanol–water partition coefficient (Wildman–Crippen LogP) is 1.34. The van der Waals surface area contributed by atoms with Gasteiger partial charge in [0.15, 0.2) is 0 Å². The first-order valence-corrected chi connectivity index (χ1v) is 7.53. The first kappa shape index (κ1) is 14.1. The van der Waals surface area contributed by atoms with Crippen LogP contribution in [0.2, 0.25) is 0 Å². The van der Waals surface area contributed by atoms with E-state index in [1.54, 1.807) is 4.90 Å². The summed E-state index contributed by atoms with van der Waals surface area (Å²) in [5, 5.41) is 12.6. The molecule has 0 bridgehead atoms. The van der Waals surface area contributed by atoms with Gasteiger partial charge < -0.3 is 15.3 Å². The monoisotopic (exact) mass is 288 g/mol. The molecule has 2 N–H and O–H groups in total. The number of nitrogens with zero attached hydrogens (tertiary/aromatic N) is 1. The van der Waals surface area contributed by atoms with Gasteiger partial charge in [-0.2, -0.15) is 0 Å². The maximum atomic E-state index is 12.8. The Morgan fingerprint density at radius 1 is 1.24 bits per heavy atom. The molecule has 1 unspecified atom stereocenters. The van der Waals surface area contributed by atoms with E-state index in [1.807, 2.05) is 24.3 Å². The van der Waals surface area contributed by atoms with Crippen molar-refractivity contribution in [2.45, 2.75) is 37.8 Å². The van der Waals surface area contributed by atoms with E-state index in [0.717, 1.165) is 31.4 Å². The maximum absolute atomic E-state index is 12.8. The number of carbonyl (C=O) groups excluding carboxylic acids is 1. The number of rotatable bonds is 2. The number of fused-ring (bicyclic) bond motifs is 1. The Balaban J connectivity index is 1.86. The second kappa shape index (κ2) is 5.85. The van der Waals surface area contributed by atoms with Gasteiger partial charge in [0, 0.05) is 13.1 Å². The van der Waals surface area contributed by atoms with Gasteiger partial charge in [-0.15, -0.1) is 0 Å². The molecule has 21 heavy (non-hydrogen) atoms. The summed E-state index contributed by atoms with van der Waals surface area (Å²) < 4.78 is 0. The van der Waals surface area contributed by atoms with Crippen molar-refractivity contribution in [1.82, 2.24) is 10.2 Å². The van der Waals surface area contributed by atoms with Crippen LogP contribution in [0.4, 0.5) is 0 Å². The minimum absolute atomic E-state index is 0.103. The van der Waals surface area contributed by atoms with Crippen LogP contribution in [-0.4, -0.2) is 41.0 Å². The zero-order chi connectivity index (χ0) is 14.8. The van der Waals surface area contributed by atoms with Gasteiger partial charge in [-0.05, 0) is 36.8 Å². The van der Waals surface area contributed by atoms with Crippen molar-refractivity contribution in [2.75, 3.05) is 13.1 Å². The molecule has 5 nitrogen and oxygen atoms in total. The van der Waals surface area contributed by atoms with Gasteiger partial charge in [-0.1, -0.05) is 24.3 Å². The van der Waals surface area contributed by atoms with Gasteiger partial charge >= 0.3 is 5.97 Å². The molecule has 2 atom stereocenters. The first-order chi connectivity index (χ1) is 10.2. The summed E-state index contributed by atoms with van der Waals surface area (Å²) in [4.78, 5) is 25.8. The van der Waals surface area contributed by atoms with Gasteiger partial charge in [-0.25, -0.2) is 4.79 Å². The molecule has 2 heterocycles. The van der Waals surface area contributed by atoms with Crippen LogP contribution in [0.25, 0.3) is 0 Å². The molecule has 112 valence electrons. The number of piperidine rings is 1. The number of amides is 1. The number of hydrogen-bond donors (Lipinski definition) is 2. The SMILES string of the molecule is O=C(O)[C@@H]1CCCCN1C(=O)C1NCCc2ccccc21. The molecule has 0 aromatic heterocycles. The van der Waals surface area contributed by atoms with Gasteiger partial charge in [-0.3, -0.25) is 4.79 Å². The lowest BCUT2D eigenvalue weighted by Crippen LogP contribution is -2.52. The number of carboxylic acid groups (broad SMARTS) is 1. The predicted molar refractivity (Wildman–Crippen MR) is 77.9 cm³/mol. The van der Waals surface area contributed by atoms with Crippen molar-refractivity contribution in [3.63, 3.8) is 0 Å². The standard InChI is InChI=1S/C16H20N2O3/c19-15(18-10-4-3-7-13(18)16(20)21)14-12-6-2-1-5-11(12)8-9-17-14/h1-2,5-6,13-14,17H,3-4,7-10H2,(H,20,21)/t13-,14?/m0/s1. The van der Waals surface area contributed by atoms with E-state index < -0.39 is 18.1 Å². The van der Waals surface area contributed by atoms with Crippen molar-refractivity contribution in [1.29, 1.82) is 0 Å². The molecule has 1 amide bonds. The molecular weight excluding hydrogens is 268 g/mol. The highest BCUT2D eigenvalue weighted by molar-refractivity contribution is 5.88. The minimum atomic E-state index is -0.896. The molecule has 0 saturated carbocycles. The highest BCUT2D eigenvalue weighted by Gasteiger charge is 2.37. The van der Waals surface area contributed by atoms with E-state index in [0.29, 0.717) is 13.0 Å². The molecule has 2 aliphatic rings. The normalized spacial score (nSPS) is 25.2. The number of nitrogens with one attached hydrogen (secondary N) is 1. The highest BCUT2D eigenvalue weighted by Crippen LogP contribution is 2.27. The smallest absolute Gasteiger partial charge is 0.326 e. The topological polar surface area (TPSA) is 69.6 Å². The van der Waals surface area contributed by atoms with Crippen molar-refractivity contribution >= 4 is 11.9 Å². The minimum Gasteiger partial charge on any atom is -0.480 e. The average molecular weight is 288 g/mol. The number of hydrogen-bond acceptors (Lipinski definition) is 3. The average Bonchev–Trinajstić information content (AvgIpc) is 2.53. The number of carboxylic acids is 1. The zero-order valence-corrected chi connectivity index (χ0v) is 11.9. The number of aliphatic carboxylic acids is 1. The number of carbonyl (C=O) groups is 2. The van der Waals surface area contributed by atoms with Crippen molar-refractivity contribution in [3.8, 4) is 0 Å². The summed E-state index contributed by atoms with van der Waals surface area (Å²) in [6.07, 6.45) is 3.21. The van der Waals surface area contributed by atoms with E-state index in [-0.39, 0.29) is 5.91 Å². The Bertz CT molecular complexity index is 558.